The Morgan fingerprint density at radius 3 is 2.61 bits per heavy atom. The second-order valence-corrected chi connectivity index (χ2v) is 6.14. The minimum absolute atomic E-state index is 0.723. The molecule has 1 saturated heterocycles. The van der Waals surface area contributed by atoms with Crippen LogP contribution in [0, 0.1) is 0 Å². The summed E-state index contributed by atoms with van der Waals surface area (Å²) in [5, 5.41) is 7.06. The maximum Gasteiger partial charge on any atom is 0.00913 e. The van der Waals surface area contributed by atoms with Gasteiger partial charge in [0.1, 0.15) is 0 Å². The monoisotopic (exact) mass is 264 g/mol. The third kappa shape index (κ3) is 4.63. The van der Waals surface area contributed by atoms with Crippen molar-refractivity contribution in [3.63, 3.8) is 0 Å². The van der Waals surface area contributed by atoms with E-state index in [-0.39, 0.29) is 0 Å². The molecular weight excluding hydrogens is 240 g/mol. The third-order valence-corrected chi connectivity index (χ3v) is 4.31. The topological polar surface area (TPSA) is 24.1 Å². The van der Waals surface area contributed by atoms with Gasteiger partial charge in [0.25, 0.3) is 0 Å². The molecule has 0 bridgehead atoms. The highest BCUT2D eigenvalue weighted by atomic mass is 32.2. The van der Waals surface area contributed by atoms with Crippen LogP contribution in [-0.2, 0) is 6.42 Å². The molecule has 0 atom stereocenters. The van der Waals surface area contributed by atoms with Crippen molar-refractivity contribution in [2.75, 3.05) is 25.4 Å². The highest BCUT2D eigenvalue weighted by Crippen LogP contribution is 2.17. The van der Waals surface area contributed by atoms with Crippen LogP contribution in [-0.4, -0.2) is 31.4 Å². The number of rotatable bonds is 6. The predicted octanol–water partition coefficient (Wildman–Crippen LogP) is 2.68. The van der Waals surface area contributed by atoms with Crippen LogP contribution in [0.1, 0.15) is 25.3 Å². The van der Waals surface area contributed by atoms with Crippen LogP contribution in [0.15, 0.2) is 29.2 Å². The molecule has 0 unspecified atom stereocenters. The van der Waals surface area contributed by atoms with Gasteiger partial charge in [-0.15, -0.1) is 11.8 Å². The molecule has 2 rings (SSSR count). The maximum atomic E-state index is 3.66. The Kier molecular flexibility index (Phi) is 6.05. The molecule has 0 radical (unpaired) electrons. The Morgan fingerprint density at radius 1 is 1.22 bits per heavy atom. The lowest BCUT2D eigenvalue weighted by molar-refractivity contribution is 0.389. The maximum absolute atomic E-state index is 3.66. The first-order valence-electron chi connectivity index (χ1n) is 7.04. The Bertz CT molecular complexity index is 331. The molecule has 1 fully saturated rings. The summed E-state index contributed by atoms with van der Waals surface area (Å²) in [4.78, 5) is 1.38. The average Bonchev–Trinajstić information content (AvgIpc) is 2.42. The highest BCUT2D eigenvalue weighted by molar-refractivity contribution is 7.99. The summed E-state index contributed by atoms with van der Waals surface area (Å²) in [5.41, 5.74) is 1.44. The van der Waals surface area contributed by atoms with Crippen LogP contribution in [0.4, 0.5) is 0 Å². The molecule has 0 amide bonds. The molecule has 0 aromatic heterocycles. The van der Waals surface area contributed by atoms with Gasteiger partial charge in [-0.1, -0.05) is 19.1 Å². The molecule has 3 heteroatoms. The lowest BCUT2D eigenvalue weighted by Crippen LogP contribution is -2.40. The molecule has 1 heterocycles. The van der Waals surface area contributed by atoms with Gasteiger partial charge >= 0.3 is 0 Å². The fourth-order valence-electron chi connectivity index (χ4n) is 2.37. The van der Waals surface area contributed by atoms with Crippen molar-refractivity contribution in [3.8, 4) is 0 Å². The van der Waals surface area contributed by atoms with E-state index >= 15 is 0 Å². The van der Waals surface area contributed by atoms with Crippen molar-refractivity contribution in [1.29, 1.82) is 0 Å². The van der Waals surface area contributed by atoms with E-state index in [0.29, 0.717) is 0 Å². The van der Waals surface area contributed by atoms with Crippen molar-refractivity contribution >= 4 is 11.8 Å². The highest BCUT2D eigenvalue weighted by Gasteiger charge is 2.11. The zero-order valence-electron chi connectivity index (χ0n) is 11.2. The standard InChI is InChI=1S/C15H24N2S/c1-2-18-15-5-3-13(4-6-15)7-12-17-14-8-10-16-11-9-14/h3-6,14,16-17H,2,7-12H2,1H3. The summed E-state index contributed by atoms with van der Waals surface area (Å²) in [6.07, 6.45) is 3.68. The van der Waals surface area contributed by atoms with Crippen molar-refractivity contribution in [2.24, 2.45) is 0 Å². The first-order valence-corrected chi connectivity index (χ1v) is 8.03. The molecule has 1 aromatic rings. The molecule has 100 valence electrons. The molecule has 0 spiro atoms. The quantitative estimate of drug-likeness (QED) is 0.773. The van der Waals surface area contributed by atoms with Gasteiger partial charge in [0, 0.05) is 10.9 Å². The number of benzene rings is 1. The molecule has 0 saturated carbocycles. The predicted molar refractivity (Wildman–Crippen MR) is 80.4 cm³/mol. The van der Waals surface area contributed by atoms with E-state index in [4.69, 9.17) is 0 Å². The van der Waals surface area contributed by atoms with Gasteiger partial charge in [0.2, 0.25) is 0 Å². The summed E-state index contributed by atoms with van der Waals surface area (Å²) in [7, 11) is 0. The fraction of sp³-hybridized carbons (Fsp3) is 0.600. The van der Waals surface area contributed by atoms with Crippen LogP contribution in [0.3, 0.4) is 0 Å². The molecule has 18 heavy (non-hydrogen) atoms. The van der Waals surface area contributed by atoms with Crippen LogP contribution in [0.5, 0.6) is 0 Å². The summed E-state index contributed by atoms with van der Waals surface area (Å²) in [6.45, 7) is 5.63. The van der Waals surface area contributed by atoms with Crippen molar-refractivity contribution in [3.05, 3.63) is 29.8 Å². The normalized spacial score (nSPS) is 16.9. The average molecular weight is 264 g/mol. The van der Waals surface area contributed by atoms with E-state index in [9.17, 15) is 0 Å². The number of piperidine rings is 1. The van der Waals surface area contributed by atoms with Gasteiger partial charge in [-0.3, -0.25) is 0 Å². The number of hydrogen-bond acceptors (Lipinski definition) is 3. The summed E-state index contributed by atoms with van der Waals surface area (Å²) in [6, 6.07) is 9.74. The minimum atomic E-state index is 0.723. The van der Waals surface area contributed by atoms with Crippen LogP contribution in [0.2, 0.25) is 0 Å². The zero-order chi connectivity index (χ0) is 12.6. The smallest absolute Gasteiger partial charge is 0.00913 e. The Morgan fingerprint density at radius 2 is 1.94 bits per heavy atom. The van der Waals surface area contributed by atoms with E-state index in [2.05, 4.69) is 41.8 Å². The molecule has 2 nitrogen and oxygen atoms in total. The Balaban J connectivity index is 1.69. The van der Waals surface area contributed by atoms with E-state index in [0.717, 1.165) is 24.8 Å². The summed E-state index contributed by atoms with van der Waals surface area (Å²) < 4.78 is 0. The van der Waals surface area contributed by atoms with E-state index in [1.165, 1.54) is 36.4 Å². The van der Waals surface area contributed by atoms with Gasteiger partial charge in [-0.2, -0.15) is 0 Å². The van der Waals surface area contributed by atoms with E-state index in [1.807, 2.05) is 11.8 Å². The van der Waals surface area contributed by atoms with E-state index in [1.54, 1.807) is 0 Å². The third-order valence-electron chi connectivity index (χ3n) is 3.42. The van der Waals surface area contributed by atoms with Gasteiger partial charge in [0.15, 0.2) is 0 Å². The second-order valence-electron chi connectivity index (χ2n) is 4.81. The number of thioether (sulfide) groups is 1. The van der Waals surface area contributed by atoms with Crippen molar-refractivity contribution in [2.45, 2.75) is 37.1 Å². The zero-order valence-corrected chi connectivity index (χ0v) is 12.1. The molecule has 0 aliphatic carbocycles. The van der Waals surface area contributed by atoms with Gasteiger partial charge in [0.05, 0.1) is 0 Å². The lowest BCUT2D eigenvalue weighted by Gasteiger charge is -2.23. The van der Waals surface area contributed by atoms with Gasteiger partial charge in [-0.25, -0.2) is 0 Å². The molecule has 1 aromatic carbocycles. The van der Waals surface area contributed by atoms with E-state index < -0.39 is 0 Å². The lowest BCUT2D eigenvalue weighted by atomic mass is 10.1. The molecule has 1 aliphatic heterocycles. The molecular formula is C15H24N2S. The largest absolute Gasteiger partial charge is 0.317 e. The summed E-state index contributed by atoms with van der Waals surface area (Å²) >= 11 is 1.91. The Hall–Kier alpha value is -0.510. The first kappa shape index (κ1) is 13.9. The number of nitrogens with one attached hydrogen (secondary N) is 2. The van der Waals surface area contributed by atoms with Crippen molar-refractivity contribution < 1.29 is 0 Å². The van der Waals surface area contributed by atoms with Crippen molar-refractivity contribution in [1.82, 2.24) is 10.6 Å². The minimum Gasteiger partial charge on any atom is -0.317 e. The first-order chi connectivity index (χ1) is 8.88. The van der Waals surface area contributed by atoms with Gasteiger partial charge < -0.3 is 10.6 Å². The van der Waals surface area contributed by atoms with Crippen LogP contribution < -0.4 is 10.6 Å². The Labute approximate surface area is 115 Å². The second kappa shape index (κ2) is 7.82. The molecule has 2 N–H and O–H groups in total. The fourth-order valence-corrected chi connectivity index (χ4v) is 3.03. The van der Waals surface area contributed by atoms with Crippen LogP contribution >= 0.6 is 11.8 Å². The van der Waals surface area contributed by atoms with Gasteiger partial charge in [-0.05, 0) is 62.3 Å². The van der Waals surface area contributed by atoms with Crippen LogP contribution in [0.25, 0.3) is 0 Å². The number of hydrogen-bond donors (Lipinski definition) is 2. The molecule has 1 aliphatic rings. The summed E-state index contributed by atoms with van der Waals surface area (Å²) in [5.74, 6) is 1.15. The SMILES string of the molecule is CCSc1ccc(CCNC2CCNCC2)cc1.